The molecule has 0 aromatic rings. The van der Waals surface area contributed by atoms with E-state index < -0.39 is 48.2 Å². The number of carboxylic acid groups (broad SMARTS) is 1. The molecule has 0 rings (SSSR count). The van der Waals surface area contributed by atoms with Crippen LogP contribution in [-0.2, 0) is 19.2 Å². The van der Waals surface area contributed by atoms with Gasteiger partial charge in [-0.15, -0.1) is 0 Å². The molecule has 0 spiro atoms. The summed E-state index contributed by atoms with van der Waals surface area (Å²) in [5.74, 6) is -3.50. The van der Waals surface area contributed by atoms with Crippen molar-refractivity contribution >= 4 is 23.7 Å². The molecule has 0 saturated heterocycles. The molecule has 0 aliphatic heterocycles. The normalized spacial score (nSPS) is 14.4. The van der Waals surface area contributed by atoms with Crippen LogP contribution in [0.2, 0.25) is 0 Å². The van der Waals surface area contributed by atoms with Crippen molar-refractivity contribution in [2.75, 3.05) is 6.54 Å². The third kappa shape index (κ3) is 8.73. The standard InChI is InChI=1S/C13H25N5O5/c1-7(13(22)23)17-12(21)9(6-10(16)19)18-11(20)8(15)4-2-3-5-14/h7-9H,2-6,14-15H2,1H3,(H2,16,19)(H,17,21)(H,18,20)(H,22,23)/t7-,8-,9-/m0/s1. The lowest BCUT2D eigenvalue weighted by atomic mass is 10.1. The molecule has 0 aliphatic carbocycles. The second-order valence-electron chi connectivity index (χ2n) is 5.19. The highest BCUT2D eigenvalue weighted by Gasteiger charge is 2.27. The molecule has 0 fully saturated rings. The lowest BCUT2D eigenvalue weighted by Gasteiger charge is -2.20. The molecule has 3 atom stereocenters. The summed E-state index contributed by atoms with van der Waals surface area (Å²) >= 11 is 0. The van der Waals surface area contributed by atoms with Crippen molar-refractivity contribution in [1.29, 1.82) is 0 Å². The van der Waals surface area contributed by atoms with Crippen LogP contribution in [0.4, 0.5) is 0 Å². The lowest BCUT2D eigenvalue weighted by Crippen LogP contribution is -2.54. The summed E-state index contributed by atoms with van der Waals surface area (Å²) in [5, 5.41) is 13.2. The van der Waals surface area contributed by atoms with Gasteiger partial charge in [0.15, 0.2) is 0 Å². The van der Waals surface area contributed by atoms with Crippen molar-refractivity contribution in [2.45, 2.75) is 50.7 Å². The zero-order chi connectivity index (χ0) is 18.0. The van der Waals surface area contributed by atoms with E-state index in [-0.39, 0.29) is 0 Å². The second-order valence-corrected chi connectivity index (χ2v) is 5.19. The molecule has 0 unspecified atom stereocenters. The third-order valence-electron chi connectivity index (χ3n) is 3.07. The fraction of sp³-hybridized carbons (Fsp3) is 0.692. The van der Waals surface area contributed by atoms with E-state index in [9.17, 15) is 19.2 Å². The van der Waals surface area contributed by atoms with Crippen molar-refractivity contribution in [3.8, 4) is 0 Å². The highest BCUT2D eigenvalue weighted by atomic mass is 16.4. The summed E-state index contributed by atoms with van der Waals surface area (Å²) in [5.41, 5.74) is 16.1. The first kappa shape index (κ1) is 20.8. The van der Waals surface area contributed by atoms with E-state index in [1.54, 1.807) is 0 Å². The second kappa shape index (κ2) is 10.5. The smallest absolute Gasteiger partial charge is 0.325 e. The minimum atomic E-state index is -1.28. The SMILES string of the molecule is C[C@H](NC(=O)[C@H](CC(N)=O)NC(=O)[C@@H](N)CCCCN)C(=O)O. The van der Waals surface area contributed by atoms with E-state index in [0.29, 0.717) is 25.8 Å². The Bertz CT molecular complexity index is 442. The first-order valence-electron chi connectivity index (χ1n) is 7.26. The molecule has 0 radical (unpaired) electrons. The number of nitrogens with two attached hydrogens (primary N) is 3. The Balaban J connectivity index is 4.71. The van der Waals surface area contributed by atoms with E-state index in [1.165, 1.54) is 6.92 Å². The first-order chi connectivity index (χ1) is 10.7. The predicted molar refractivity (Wildman–Crippen MR) is 81.9 cm³/mol. The number of amides is 3. The maximum atomic E-state index is 12.0. The van der Waals surface area contributed by atoms with Gasteiger partial charge >= 0.3 is 5.97 Å². The largest absolute Gasteiger partial charge is 0.480 e. The van der Waals surface area contributed by atoms with Gasteiger partial charge in [0.05, 0.1) is 12.5 Å². The first-order valence-corrected chi connectivity index (χ1v) is 7.26. The van der Waals surface area contributed by atoms with Gasteiger partial charge in [-0.2, -0.15) is 0 Å². The fourth-order valence-corrected chi connectivity index (χ4v) is 1.70. The molecular weight excluding hydrogens is 306 g/mol. The number of primary amides is 1. The van der Waals surface area contributed by atoms with E-state index >= 15 is 0 Å². The molecule has 10 nitrogen and oxygen atoms in total. The van der Waals surface area contributed by atoms with E-state index in [2.05, 4.69) is 10.6 Å². The molecule has 9 N–H and O–H groups in total. The summed E-state index contributed by atoms with van der Waals surface area (Å²) in [6.07, 6.45) is 1.27. The number of carbonyl (C=O) groups excluding carboxylic acids is 3. The van der Waals surface area contributed by atoms with Gasteiger partial charge in [0.2, 0.25) is 17.7 Å². The number of rotatable bonds is 11. The average Bonchev–Trinajstić information content (AvgIpc) is 2.45. The Morgan fingerprint density at radius 3 is 2.17 bits per heavy atom. The molecule has 132 valence electrons. The van der Waals surface area contributed by atoms with Crippen molar-refractivity contribution in [3.05, 3.63) is 0 Å². The molecule has 10 heteroatoms. The van der Waals surface area contributed by atoms with Gasteiger partial charge in [0.1, 0.15) is 12.1 Å². The molecule has 23 heavy (non-hydrogen) atoms. The predicted octanol–water partition coefficient (Wildman–Crippen LogP) is -2.61. The van der Waals surface area contributed by atoms with Gasteiger partial charge in [0.25, 0.3) is 0 Å². The number of carbonyl (C=O) groups is 4. The molecule has 0 bridgehead atoms. The summed E-state index contributed by atoms with van der Waals surface area (Å²) in [6, 6.07) is -3.31. The summed E-state index contributed by atoms with van der Waals surface area (Å²) in [7, 11) is 0. The van der Waals surface area contributed by atoms with Crippen LogP contribution in [0, 0.1) is 0 Å². The highest BCUT2D eigenvalue weighted by molar-refractivity contribution is 5.94. The van der Waals surface area contributed by atoms with Crippen LogP contribution in [0.3, 0.4) is 0 Å². The van der Waals surface area contributed by atoms with Crippen molar-refractivity contribution in [1.82, 2.24) is 10.6 Å². The molecule has 0 heterocycles. The highest BCUT2D eigenvalue weighted by Crippen LogP contribution is 2.00. The Morgan fingerprint density at radius 1 is 1.09 bits per heavy atom. The Morgan fingerprint density at radius 2 is 1.70 bits per heavy atom. The molecule has 0 aliphatic rings. The van der Waals surface area contributed by atoms with Crippen LogP contribution in [0.15, 0.2) is 0 Å². The van der Waals surface area contributed by atoms with Crippen molar-refractivity contribution in [2.24, 2.45) is 17.2 Å². The van der Waals surface area contributed by atoms with E-state index in [0.717, 1.165) is 0 Å². The zero-order valence-corrected chi connectivity index (χ0v) is 13.1. The summed E-state index contributed by atoms with van der Waals surface area (Å²) in [6.45, 7) is 1.73. The number of aliphatic carboxylic acids is 1. The van der Waals surface area contributed by atoms with Crippen LogP contribution in [0.25, 0.3) is 0 Å². The monoisotopic (exact) mass is 331 g/mol. The van der Waals surface area contributed by atoms with E-state index in [1.807, 2.05) is 0 Å². The third-order valence-corrected chi connectivity index (χ3v) is 3.07. The van der Waals surface area contributed by atoms with Crippen LogP contribution >= 0.6 is 0 Å². The zero-order valence-electron chi connectivity index (χ0n) is 13.1. The van der Waals surface area contributed by atoms with Gasteiger partial charge in [-0.05, 0) is 26.3 Å². The number of carboxylic acids is 1. The van der Waals surface area contributed by atoms with Crippen molar-refractivity contribution < 1.29 is 24.3 Å². The molecule has 0 aromatic carbocycles. The molecule has 0 saturated carbocycles. The summed E-state index contributed by atoms with van der Waals surface area (Å²) in [4.78, 5) is 45.7. The Hall–Kier alpha value is -2.20. The number of unbranched alkanes of at least 4 members (excludes halogenated alkanes) is 1. The Kier molecular flexibility index (Phi) is 9.51. The van der Waals surface area contributed by atoms with Crippen LogP contribution in [0.1, 0.15) is 32.6 Å². The molecular formula is C13H25N5O5. The Labute approximate surface area is 134 Å². The van der Waals surface area contributed by atoms with Gasteiger partial charge in [-0.3, -0.25) is 19.2 Å². The van der Waals surface area contributed by atoms with Gasteiger partial charge < -0.3 is 32.9 Å². The number of nitrogens with one attached hydrogen (secondary N) is 2. The van der Waals surface area contributed by atoms with E-state index in [4.69, 9.17) is 22.3 Å². The minimum absolute atomic E-state index is 0.374. The average molecular weight is 331 g/mol. The minimum Gasteiger partial charge on any atom is -0.480 e. The van der Waals surface area contributed by atoms with Crippen LogP contribution < -0.4 is 27.8 Å². The van der Waals surface area contributed by atoms with Crippen molar-refractivity contribution in [3.63, 3.8) is 0 Å². The maximum Gasteiger partial charge on any atom is 0.325 e. The summed E-state index contributed by atoms with van der Waals surface area (Å²) < 4.78 is 0. The fourth-order valence-electron chi connectivity index (χ4n) is 1.70. The van der Waals surface area contributed by atoms with Gasteiger partial charge in [-0.25, -0.2) is 0 Å². The van der Waals surface area contributed by atoms with Gasteiger partial charge in [-0.1, -0.05) is 6.42 Å². The van der Waals surface area contributed by atoms with Gasteiger partial charge in [0, 0.05) is 0 Å². The van der Waals surface area contributed by atoms with Crippen LogP contribution in [0.5, 0.6) is 0 Å². The molecule has 3 amide bonds. The van der Waals surface area contributed by atoms with Crippen LogP contribution in [-0.4, -0.2) is 53.5 Å². The quantitative estimate of drug-likeness (QED) is 0.223. The maximum absolute atomic E-state index is 12.0. The molecule has 0 aromatic heterocycles. The lowest BCUT2D eigenvalue weighted by molar-refractivity contribution is -0.141. The number of hydrogen-bond acceptors (Lipinski definition) is 6. The topological polar surface area (TPSA) is 191 Å². The number of hydrogen-bond donors (Lipinski definition) is 6.